The van der Waals surface area contributed by atoms with Crippen LogP contribution in [-0.4, -0.2) is 57.3 Å². The van der Waals surface area contributed by atoms with Gasteiger partial charge >= 0.3 is 5.97 Å². The van der Waals surface area contributed by atoms with Crippen LogP contribution in [-0.2, 0) is 21.4 Å². The van der Waals surface area contributed by atoms with Crippen molar-refractivity contribution in [1.82, 2.24) is 14.9 Å². The van der Waals surface area contributed by atoms with E-state index in [1.165, 1.54) is 37.0 Å². The first-order chi connectivity index (χ1) is 24.4. The van der Waals surface area contributed by atoms with Crippen molar-refractivity contribution in [3.05, 3.63) is 87.9 Å². The van der Waals surface area contributed by atoms with Gasteiger partial charge in [0.2, 0.25) is 5.91 Å². The summed E-state index contributed by atoms with van der Waals surface area (Å²) in [6.45, 7) is 11.8. The van der Waals surface area contributed by atoms with Gasteiger partial charge in [0.15, 0.2) is 11.6 Å². The molecular formula is C42H51N3O5S. The molecule has 0 unspecified atom stereocenters. The maximum atomic E-state index is 13.8. The average Bonchev–Trinajstić information content (AvgIpc) is 3.78. The van der Waals surface area contributed by atoms with Crippen LogP contribution < -0.4 is 4.74 Å². The first-order valence-corrected chi connectivity index (χ1v) is 19.0. The summed E-state index contributed by atoms with van der Waals surface area (Å²) >= 11 is 1.50. The van der Waals surface area contributed by atoms with E-state index >= 15 is 0 Å². The molecule has 1 saturated heterocycles. The maximum absolute atomic E-state index is 13.8. The van der Waals surface area contributed by atoms with E-state index < -0.39 is 17.8 Å². The van der Waals surface area contributed by atoms with Gasteiger partial charge in [-0.3, -0.25) is 14.4 Å². The molecule has 1 amide bonds. The van der Waals surface area contributed by atoms with E-state index in [9.17, 15) is 19.5 Å². The number of carbonyl (C=O) groups is 3. The molecule has 3 heterocycles. The van der Waals surface area contributed by atoms with Gasteiger partial charge in [0.05, 0.1) is 17.4 Å². The van der Waals surface area contributed by atoms with E-state index in [0.29, 0.717) is 30.1 Å². The molecule has 0 spiro atoms. The molecule has 1 aliphatic rings. The molecule has 1 aliphatic heterocycles. The lowest BCUT2D eigenvalue weighted by Crippen LogP contribution is -2.37. The van der Waals surface area contributed by atoms with E-state index in [0.717, 1.165) is 51.5 Å². The number of unbranched alkanes of at least 4 members (excludes halogenated alkanes) is 4. The SMILES string of the molecule is CCCCCCCOc1ccc(-c2cnc(-c3ccc(C[C@H](CC(=O)c4sc(C(C)(C)C)cc4C)C(=O)N4CC[C@H](C(=O)O)C4)cc3)nc2)cc1. The van der Waals surface area contributed by atoms with Crippen molar-refractivity contribution in [3.63, 3.8) is 0 Å². The van der Waals surface area contributed by atoms with E-state index in [1.54, 1.807) is 4.90 Å². The van der Waals surface area contributed by atoms with Crippen molar-refractivity contribution >= 4 is 29.0 Å². The molecule has 0 radical (unpaired) electrons. The molecule has 1 fully saturated rings. The third kappa shape index (κ3) is 10.1. The highest BCUT2D eigenvalue weighted by Crippen LogP contribution is 2.34. The lowest BCUT2D eigenvalue weighted by atomic mass is 9.91. The standard InChI is InChI=1S/C42H51N3O5S/c1-6-7-8-9-10-21-50-35-17-15-30(16-18-35)34-25-43-39(44-26-34)31-13-11-29(12-14-31)23-33(40(47)45-20-19-32(27-45)41(48)49)24-36(46)38-28(2)22-37(51-38)42(3,4)5/h11-18,22,25-26,32-33H,6-10,19-21,23-24,27H2,1-5H3,(H,48,49)/t32-,33+/m0/s1. The van der Waals surface area contributed by atoms with Crippen LogP contribution in [0.3, 0.4) is 0 Å². The summed E-state index contributed by atoms with van der Waals surface area (Å²) in [5.41, 5.74) is 4.53. The Balaban J connectivity index is 1.25. The van der Waals surface area contributed by atoms with Crippen LogP contribution in [0.4, 0.5) is 0 Å². The van der Waals surface area contributed by atoms with Crippen LogP contribution in [0.15, 0.2) is 67.0 Å². The lowest BCUT2D eigenvalue weighted by molar-refractivity contribution is -0.141. The number of likely N-dealkylation sites (tertiary alicyclic amines) is 1. The van der Waals surface area contributed by atoms with Crippen molar-refractivity contribution < 1.29 is 24.2 Å². The molecule has 2 aromatic carbocycles. The smallest absolute Gasteiger partial charge is 0.308 e. The Hall–Kier alpha value is -4.37. The van der Waals surface area contributed by atoms with Gasteiger partial charge < -0.3 is 14.7 Å². The molecule has 51 heavy (non-hydrogen) atoms. The molecule has 1 N–H and O–H groups in total. The summed E-state index contributed by atoms with van der Waals surface area (Å²) in [6, 6.07) is 17.9. The van der Waals surface area contributed by atoms with Gasteiger partial charge in [0, 0.05) is 53.8 Å². The number of ketones is 1. The van der Waals surface area contributed by atoms with Crippen LogP contribution in [0.1, 0.15) is 98.3 Å². The van der Waals surface area contributed by atoms with Crippen LogP contribution in [0.2, 0.25) is 0 Å². The summed E-state index contributed by atoms with van der Waals surface area (Å²) in [5, 5.41) is 9.53. The average molecular weight is 710 g/mol. The highest BCUT2D eigenvalue weighted by atomic mass is 32.1. The Labute approximate surface area is 306 Å². The van der Waals surface area contributed by atoms with Crippen molar-refractivity contribution in [1.29, 1.82) is 0 Å². The van der Waals surface area contributed by atoms with Gasteiger partial charge in [-0.2, -0.15) is 0 Å². The fourth-order valence-corrected chi connectivity index (χ4v) is 7.63. The third-order valence-corrected chi connectivity index (χ3v) is 11.3. The summed E-state index contributed by atoms with van der Waals surface area (Å²) in [5.74, 6) is -0.828. The first-order valence-electron chi connectivity index (χ1n) is 18.2. The predicted molar refractivity (Wildman–Crippen MR) is 203 cm³/mol. The van der Waals surface area contributed by atoms with Gasteiger partial charge in [0.1, 0.15) is 5.75 Å². The van der Waals surface area contributed by atoms with Crippen LogP contribution in [0.25, 0.3) is 22.5 Å². The zero-order valence-electron chi connectivity index (χ0n) is 30.6. The second kappa shape index (κ2) is 17.2. The number of hydrogen-bond donors (Lipinski definition) is 1. The van der Waals surface area contributed by atoms with Gasteiger partial charge in [0.25, 0.3) is 0 Å². The third-order valence-electron chi connectivity index (χ3n) is 9.59. The Bertz CT molecular complexity index is 1780. The second-order valence-corrected chi connectivity index (χ2v) is 15.8. The van der Waals surface area contributed by atoms with Crippen molar-refractivity contribution in [2.24, 2.45) is 11.8 Å². The molecule has 0 saturated carbocycles. The quantitative estimate of drug-likeness (QED) is 0.0913. The number of carbonyl (C=O) groups excluding carboxylic acids is 2. The summed E-state index contributed by atoms with van der Waals surface area (Å²) in [7, 11) is 0. The minimum Gasteiger partial charge on any atom is -0.494 e. The number of Topliss-reactive ketones (excluding diaryl/α,β-unsaturated/α-hetero) is 1. The number of aliphatic carboxylic acids is 1. The molecule has 270 valence electrons. The number of amides is 1. The summed E-state index contributed by atoms with van der Waals surface area (Å²) in [6.07, 6.45) is 10.5. The fraction of sp³-hybridized carbons (Fsp3) is 0.452. The number of nitrogens with zero attached hydrogens (tertiary/aromatic N) is 3. The largest absolute Gasteiger partial charge is 0.494 e. The zero-order valence-corrected chi connectivity index (χ0v) is 31.4. The number of rotatable bonds is 16. The van der Waals surface area contributed by atoms with Crippen molar-refractivity contribution in [3.8, 4) is 28.3 Å². The second-order valence-electron chi connectivity index (χ2n) is 14.8. The summed E-state index contributed by atoms with van der Waals surface area (Å²) in [4.78, 5) is 51.9. The van der Waals surface area contributed by atoms with Crippen LogP contribution in [0, 0.1) is 18.8 Å². The van der Waals surface area contributed by atoms with Gasteiger partial charge in [-0.25, -0.2) is 9.97 Å². The number of aryl methyl sites for hydroxylation is 1. The number of carboxylic acid groups (broad SMARTS) is 1. The Morgan fingerprint density at radius 2 is 1.61 bits per heavy atom. The van der Waals surface area contributed by atoms with Gasteiger partial charge in [-0.15, -0.1) is 11.3 Å². The molecule has 4 aromatic rings. The molecule has 0 aliphatic carbocycles. The molecular weight excluding hydrogens is 659 g/mol. The Morgan fingerprint density at radius 1 is 0.941 bits per heavy atom. The maximum Gasteiger partial charge on any atom is 0.308 e. The Kier molecular flexibility index (Phi) is 12.8. The monoisotopic (exact) mass is 709 g/mol. The molecule has 8 nitrogen and oxygen atoms in total. The fourth-order valence-electron chi connectivity index (χ4n) is 6.45. The topological polar surface area (TPSA) is 110 Å². The van der Waals surface area contributed by atoms with Crippen LogP contribution >= 0.6 is 11.3 Å². The number of thiophene rings is 1. The number of hydrogen-bond acceptors (Lipinski definition) is 7. The summed E-state index contributed by atoms with van der Waals surface area (Å²) < 4.78 is 5.90. The number of benzene rings is 2. The van der Waals surface area contributed by atoms with Crippen molar-refractivity contribution in [2.45, 2.75) is 91.4 Å². The minimum atomic E-state index is -0.890. The molecule has 2 aromatic heterocycles. The van der Waals surface area contributed by atoms with Crippen molar-refractivity contribution in [2.75, 3.05) is 19.7 Å². The van der Waals surface area contributed by atoms with E-state index in [4.69, 9.17) is 4.74 Å². The molecule has 0 bridgehead atoms. The first kappa shape index (κ1) is 37.9. The van der Waals surface area contributed by atoms with E-state index in [-0.39, 0.29) is 30.1 Å². The molecule has 9 heteroatoms. The number of carboxylic acids is 1. The highest BCUT2D eigenvalue weighted by Gasteiger charge is 2.35. The Morgan fingerprint density at radius 3 is 2.22 bits per heavy atom. The molecule has 2 atom stereocenters. The molecule has 5 rings (SSSR count). The van der Waals surface area contributed by atoms with E-state index in [2.05, 4.69) is 43.7 Å². The van der Waals surface area contributed by atoms with Crippen LogP contribution in [0.5, 0.6) is 5.75 Å². The predicted octanol–water partition coefficient (Wildman–Crippen LogP) is 9.19. The van der Waals surface area contributed by atoms with Gasteiger partial charge in [-0.05, 0) is 66.5 Å². The number of aromatic nitrogens is 2. The lowest BCUT2D eigenvalue weighted by Gasteiger charge is -2.23. The normalized spacial score (nSPS) is 15.2. The van der Waals surface area contributed by atoms with Gasteiger partial charge in [-0.1, -0.05) is 89.8 Å². The minimum absolute atomic E-state index is 0.0505. The van der Waals surface area contributed by atoms with E-state index in [1.807, 2.05) is 67.8 Å². The highest BCUT2D eigenvalue weighted by molar-refractivity contribution is 7.14. The zero-order chi connectivity index (χ0) is 36.5. The number of ether oxygens (including phenoxy) is 1.